The number of hydrogen-bond donors (Lipinski definition) is 1. The summed E-state index contributed by atoms with van der Waals surface area (Å²) >= 11 is 0. The van der Waals surface area contributed by atoms with Crippen molar-refractivity contribution in [2.75, 3.05) is 13.1 Å². The van der Waals surface area contributed by atoms with Gasteiger partial charge in [0.05, 0.1) is 0 Å². The molecule has 0 spiro atoms. The Morgan fingerprint density at radius 2 is 1.76 bits per heavy atom. The van der Waals surface area contributed by atoms with Crippen molar-refractivity contribution < 1.29 is 0 Å². The summed E-state index contributed by atoms with van der Waals surface area (Å²) in [5, 5.41) is 3.61. The van der Waals surface area contributed by atoms with Gasteiger partial charge >= 0.3 is 0 Å². The molecule has 1 heteroatoms. The maximum atomic E-state index is 3.61. The van der Waals surface area contributed by atoms with Gasteiger partial charge in [0.1, 0.15) is 0 Å². The standard InChI is InChI=1S/C16H25N/c1-12-6-7-14(13(2)8-12)16(5)9-15(3,4)10-17-11-16/h6-8,17H,9-11H2,1-5H3. The first kappa shape index (κ1) is 12.6. The normalized spacial score (nSPS) is 28.1. The molecule has 1 saturated heterocycles. The zero-order chi connectivity index (χ0) is 12.7. The molecule has 1 unspecified atom stereocenters. The molecule has 2 rings (SSSR count). The highest BCUT2D eigenvalue weighted by Crippen LogP contribution is 2.40. The van der Waals surface area contributed by atoms with Gasteiger partial charge in [0.2, 0.25) is 0 Å². The number of hydrogen-bond acceptors (Lipinski definition) is 1. The van der Waals surface area contributed by atoms with E-state index in [1.807, 2.05) is 0 Å². The van der Waals surface area contributed by atoms with Crippen molar-refractivity contribution in [3.8, 4) is 0 Å². The fourth-order valence-corrected chi connectivity index (χ4v) is 3.54. The lowest BCUT2D eigenvalue weighted by molar-refractivity contribution is 0.179. The molecule has 0 saturated carbocycles. The van der Waals surface area contributed by atoms with E-state index in [1.54, 1.807) is 0 Å². The molecule has 1 N–H and O–H groups in total. The first-order valence-electron chi connectivity index (χ1n) is 6.61. The number of rotatable bonds is 1. The summed E-state index contributed by atoms with van der Waals surface area (Å²) in [7, 11) is 0. The zero-order valence-corrected chi connectivity index (χ0v) is 11.9. The molecule has 0 amide bonds. The lowest BCUT2D eigenvalue weighted by Gasteiger charge is -2.44. The topological polar surface area (TPSA) is 12.0 Å². The predicted octanol–water partition coefficient (Wildman–Crippen LogP) is 3.58. The van der Waals surface area contributed by atoms with Gasteiger partial charge in [-0.15, -0.1) is 0 Å². The lowest BCUT2D eigenvalue weighted by Crippen LogP contribution is -2.49. The van der Waals surface area contributed by atoms with Crippen molar-refractivity contribution in [3.05, 3.63) is 34.9 Å². The van der Waals surface area contributed by atoms with Gasteiger partial charge in [-0.05, 0) is 36.8 Å². The smallest absolute Gasteiger partial charge is 0.00577 e. The molecule has 0 aliphatic carbocycles. The van der Waals surface area contributed by atoms with Crippen molar-refractivity contribution >= 4 is 0 Å². The fourth-order valence-electron chi connectivity index (χ4n) is 3.54. The molecule has 17 heavy (non-hydrogen) atoms. The third-order valence-electron chi connectivity index (χ3n) is 4.02. The Balaban J connectivity index is 2.37. The first-order valence-corrected chi connectivity index (χ1v) is 6.61. The summed E-state index contributed by atoms with van der Waals surface area (Å²) in [6, 6.07) is 6.88. The molecule has 1 aromatic carbocycles. The molecule has 1 aromatic rings. The lowest BCUT2D eigenvalue weighted by atomic mass is 9.66. The summed E-state index contributed by atoms with van der Waals surface area (Å²) in [5.41, 5.74) is 4.98. The van der Waals surface area contributed by atoms with E-state index in [-0.39, 0.29) is 5.41 Å². The Hall–Kier alpha value is -0.820. The third kappa shape index (κ3) is 2.55. The van der Waals surface area contributed by atoms with E-state index in [1.165, 1.54) is 23.1 Å². The van der Waals surface area contributed by atoms with Crippen LogP contribution in [-0.2, 0) is 5.41 Å². The monoisotopic (exact) mass is 231 g/mol. The third-order valence-corrected chi connectivity index (χ3v) is 4.02. The molecule has 1 nitrogen and oxygen atoms in total. The van der Waals surface area contributed by atoms with E-state index in [0.717, 1.165) is 13.1 Å². The van der Waals surface area contributed by atoms with Crippen molar-refractivity contribution in [1.82, 2.24) is 5.32 Å². The van der Waals surface area contributed by atoms with Crippen LogP contribution in [0.4, 0.5) is 0 Å². The van der Waals surface area contributed by atoms with Crippen LogP contribution in [0.15, 0.2) is 18.2 Å². The van der Waals surface area contributed by atoms with E-state index >= 15 is 0 Å². The van der Waals surface area contributed by atoms with Gasteiger partial charge in [-0.1, -0.05) is 44.5 Å². The molecule has 1 aliphatic rings. The van der Waals surface area contributed by atoms with E-state index in [9.17, 15) is 0 Å². The number of nitrogens with one attached hydrogen (secondary N) is 1. The minimum absolute atomic E-state index is 0.277. The van der Waals surface area contributed by atoms with Gasteiger partial charge in [-0.3, -0.25) is 0 Å². The highest BCUT2D eigenvalue weighted by molar-refractivity contribution is 5.37. The summed E-state index contributed by atoms with van der Waals surface area (Å²) < 4.78 is 0. The quantitative estimate of drug-likeness (QED) is 0.779. The van der Waals surface area contributed by atoms with Crippen LogP contribution in [-0.4, -0.2) is 13.1 Å². The van der Waals surface area contributed by atoms with E-state index in [4.69, 9.17) is 0 Å². The van der Waals surface area contributed by atoms with Gasteiger partial charge in [-0.2, -0.15) is 0 Å². The summed E-state index contributed by atoms with van der Waals surface area (Å²) in [6.07, 6.45) is 1.26. The Kier molecular flexibility index (Phi) is 3.07. The molecule has 94 valence electrons. The Labute approximate surface area is 106 Å². The van der Waals surface area contributed by atoms with Crippen LogP contribution >= 0.6 is 0 Å². The molecule has 1 aliphatic heterocycles. The molecular weight excluding hydrogens is 206 g/mol. The molecule has 0 bridgehead atoms. The summed E-state index contributed by atoms with van der Waals surface area (Å²) in [5.74, 6) is 0. The van der Waals surface area contributed by atoms with Crippen LogP contribution in [0.2, 0.25) is 0 Å². The molecular formula is C16H25N. The minimum atomic E-state index is 0.277. The van der Waals surface area contributed by atoms with Crippen molar-refractivity contribution in [1.29, 1.82) is 0 Å². The second kappa shape index (κ2) is 4.13. The summed E-state index contributed by atoms with van der Waals surface area (Å²) in [6.45, 7) is 13.8. The SMILES string of the molecule is Cc1ccc(C2(C)CNCC(C)(C)C2)c(C)c1. The Morgan fingerprint density at radius 3 is 2.35 bits per heavy atom. The fraction of sp³-hybridized carbons (Fsp3) is 0.625. The Bertz CT molecular complexity index is 420. The molecule has 0 radical (unpaired) electrons. The van der Waals surface area contributed by atoms with Gasteiger partial charge in [0.25, 0.3) is 0 Å². The second-order valence-electron chi connectivity index (χ2n) is 6.82. The number of benzene rings is 1. The molecule has 0 aromatic heterocycles. The second-order valence-corrected chi connectivity index (χ2v) is 6.82. The van der Waals surface area contributed by atoms with E-state index < -0.39 is 0 Å². The van der Waals surface area contributed by atoms with Gasteiger partial charge in [0, 0.05) is 18.5 Å². The number of piperidine rings is 1. The van der Waals surface area contributed by atoms with Gasteiger partial charge in [-0.25, -0.2) is 0 Å². The van der Waals surface area contributed by atoms with Gasteiger partial charge < -0.3 is 5.32 Å². The van der Waals surface area contributed by atoms with Crippen molar-refractivity contribution in [3.63, 3.8) is 0 Å². The van der Waals surface area contributed by atoms with Crippen LogP contribution in [0.5, 0.6) is 0 Å². The van der Waals surface area contributed by atoms with Crippen molar-refractivity contribution in [2.45, 2.75) is 46.5 Å². The summed E-state index contributed by atoms with van der Waals surface area (Å²) in [4.78, 5) is 0. The molecule has 1 fully saturated rings. The Morgan fingerprint density at radius 1 is 1.06 bits per heavy atom. The first-order chi connectivity index (χ1) is 7.82. The minimum Gasteiger partial charge on any atom is -0.315 e. The highest BCUT2D eigenvalue weighted by atomic mass is 14.9. The molecule has 1 atom stereocenters. The number of aryl methyl sites for hydroxylation is 2. The van der Waals surface area contributed by atoms with Crippen molar-refractivity contribution in [2.24, 2.45) is 5.41 Å². The largest absolute Gasteiger partial charge is 0.315 e. The van der Waals surface area contributed by atoms with Gasteiger partial charge in [0.15, 0.2) is 0 Å². The predicted molar refractivity (Wildman–Crippen MR) is 74.5 cm³/mol. The van der Waals surface area contributed by atoms with Crippen LogP contribution in [0.1, 0.15) is 43.9 Å². The average molecular weight is 231 g/mol. The van der Waals surface area contributed by atoms with Crippen LogP contribution in [0.25, 0.3) is 0 Å². The molecule has 1 heterocycles. The zero-order valence-electron chi connectivity index (χ0n) is 11.9. The maximum absolute atomic E-state index is 3.61. The maximum Gasteiger partial charge on any atom is 0.00577 e. The van der Waals surface area contributed by atoms with E-state index in [2.05, 4.69) is 58.1 Å². The highest BCUT2D eigenvalue weighted by Gasteiger charge is 2.38. The van der Waals surface area contributed by atoms with Crippen LogP contribution in [0, 0.1) is 19.3 Å². The average Bonchev–Trinajstić information content (AvgIpc) is 2.14. The van der Waals surface area contributed by atoms with Crippen LogP contribution in [0.3, 0.4) is 0 Å². The van der Waals surface area contributed by atoms with E-state index in [0.29, 0.717) is 5.41 Å². The van der Waals surface area contributed by atoms with Crippen LogP contribution < -0.4 is 5.32 Å².